The highest BCUT2D eigenvalue weighted by molar-refractivity contribution is 7.80. The van der Waals surface area contributed by atoms with Gasteiger partial charge in [-0.3, -0.25) is 15.6 Å². The molecule has 148 valence electrons. The maximum atomic E-state index is 12.3. The van der Waals surface area contributed by atoms with Gasteiger partial charge in [0, 0.05) is 31.0 Å². The van der Waals surface area contributed by atoms with Crippen molar-refractivity contribution in [3.8, 4) is 11.5 Å². The number of nitrogens with zero attached hydrogens (tertiary/aromatic N) is 1. The topological polar surface area (TPSA) is 65.6 Å². The molecule has 0 spiro atoms. The number of hydrogen-bond acceptors (Lipinski definition) is 4. The summed E-state index contributed by atoms with van der Waals surface area (Å²) < 4.78 is 5.76. The van der Waals surface area contributed by atoms with Crippen molar-refractivity contribution in [1.82, 2.24) is 10.9 Å². The standard InChI is InChI=1S/C22H22N4O2S/c1-26(2)18-8-6-7-16(15-18)21(27)24-25-22(29)23-17-11-13-20(14-12-17)28-19-9-4-3-5-10-19/h3-15H,1-2H3,(H,24,27)(H2,23,25,29). The van der Waals surface area contributed by atoms with Gasteiger partial charge in [0.2, 0.25) is 0 Å². The first kappa shape index (κ1) is 20.2. The SMILES string of the molecule is CN(C)c1cccc(C(=O)NNC(=S)Nc2ccc(Oc3ccccc3)cc2)c1. The van der Waals surface area contributed by atoms with E-state index in [1.807, 2.05) is 85.7 Å². The van der Waals surface area contributed by atoms with Gasteiger partial charge < -0.3 is 15.0 Å². The van der Waals surface area contributed by atoms with E-state index in [0.29, 0.717) is 5.56 Å². The van der Waals surface area contributed by atoms with Crippen molar-refractivity contribution < 1.29 is 9.53 Å². The van der Waals surface area contributed by atoms with E-state index in [2.05, 4.69) is 16.2 Å². The largest absolute Gasteiger partial charge is 0.457 e. The van der Waals surface area contributed by atoms with Gasteiger partial charge in [-0.1, -0.05) is 24.3 Å². The van der Waals surface area contributed by atoms with E-state index in [-0.39, 0.29) is 11.0 Å². The van der Waals surface area contributed by atoms with Crippen LogP contribution in [0.15, 0.2) is 78.9 Å². The molecule has 0 unspecified atom stereocenters. The zero-order chi connectivity index (χ0) is 20.6. The highest BCUT2D eigenvalue weighted by Crippen LogP contribution is 2.22. The zero-order valence-electron chi connectivity index (χ0n) is 16.2. The van der Waals surface area contributed by atoms with Gasteiger partial charge in [-0.25, -0.2) is 0 Å². The lowest BCUT2D eigenvalue weighted by molar-refractivity contribution is 0.0944. The summed E-state index contributed by atoms with van der Waals surface area (Å²) in [6.45, 7) is 0. The molecule has 0 bridgehead atoms. The smallest absolute Gasteiger partial charge is 0.269 e. The monoisotopic (exact) mass is 406 g/mol. The first-order valence-electron chi connectivity index (χ1n) is 8.99. The van der Waals surface area contributed by atoms with E-state index in [1.54, 1.807) is 12.1 Å². The number of thiocarbonyl (C=S) groups is 1. The normalized spacial score (nSPS) is 10.0. The minimum Gasteiger partial charge on any atom is -0.457 e. The molecule has 6 nitrogen and oxygen atoms in total. The highest BCUT2D eigenvalue weighted by atomic mass is 32.1. The van der Waals surface area contributed by atoms with Crippen molar-refractivity contribution in [2.24, 2.45) is 0 Å². The van der Waals surface area contributed by atoms with Crippen molar-refractivity contribution in [2.75, 3.05) is 24.3 Å². The minimum absolute atomic E-state index is 0.274. The summed E-state index contributed by atoms with van der Waals surface area (Å²) in [5.74, 6) is 1.21. The molecule has 0 heterocycles. The fourth-order valence-corrected chi connectivity index (χ4v) is 2.67. The Balaban J connectivity index is 1.50. The Kier molecular flexibility index (Phi) is 6.65. The fourth-order valence-electron chi connectivity index (χ4n) is 2.50. The van der Waals surface area contributed by atoms with Gasteiger partial charge in [-0.05, 0) is 66.8 Å². The lowest BCUT2D eigenvalue weighted by Crippen LogP contribution is -2.43. The number of benzene rings is 3. The maximum absolute atomic E-state index is 12.3. The van der Waals surface area contributed by atoms with Crippen LogP contribution >= 0.6 is 12.2 Å². The first-order valence-corrected chi connectivity index (χ1v) is 9.40. The summed E-state index contributed by atoms with van der Waals surface area (Å²) in [6, 6.07) is 24.2. The third-order valence-corrected chi connectivity index (χ3v) is 4.21. The summed E-state index contributed by atoms with van der Waals surface area (Å²) in [7, 11) is 3.84. The average molecular weight is 407 g/mol. The molecule has 0 saturated carbocycles. The fraction of sp³-hybridized carbons (Fsp3) is 0.0909. The molecule has 0 atom stereocenters. The van der Waals surface area contributed by atoms with Crippen molar-refractivity contribution in [2.45, 2.75) is 0 Å². The minimum atomic E-state index is -0.274. The van der Waals surface area contributed by atoms with Gasteiger partial charge in [0.05, 0.1) is 0 Å². The number of carbonyl (C=O) groups is 1. The lowest BCUT2D eigenvalue weighted by atomic mass is 10.2. The number of para-hydroxylation sites is 1. The number of rotatable bonds is 5. The third-order valence-electron chi connectivity index (χ3n) is 4.01. The number of anilines is 2. The quantitative estimate of drug-likeness (QED) is 0.436. The third kappa shape index (κ3) is 5.95. The van der Waals surface area contributed by atoms with Gasteiger partial charge in [-0.15, -0.1) is 0 Å². The molecule has 1 amide bonds. The molecule has 29 heavy (non-hydrogen) atoms. The molecule has 0 aromatic heterocycles. The van der Waals surface area contributed by atoms with Crippen molar-refractivity contribution in [1.29, 1.82) is 0 Å². The second-order valence-electron chi connectivity index (χ2n) is 6.42. The maximum Gasteiger partial charge on any atom is 0.269 e. The van der Waals surface area contributed by atoms with Gasteiger partial charge in [-0.2, -0.15) is 0 Å². The summed E-state index contributed by atoms with van der Waals surface area (Å²) in [6.07, 6.45) is 0. The van der Waals surface area contributed by atoms with E-state index in [4.69, 9.17) is 17.0 Å². The number of hydrazine groups is 1. The molecular formula is C22H22N4O2S. The van der Waals surface area contributed by atoms with Gasteiger partial charge in [0.15, 0.2) is 5.11 Å². The molecule has 0 radical (unpaired) electrons. The Hall–Kier alpha value is -3.58. The number of carbonyl (C=O) groups excluding carboxylic acids is 1. The van der Waals surface area contributed by atoms with E-state index in [9.17, 15) is 4.79 Å². The Morgan fingerprint density at radius 2 is 1.55 bits per heavy atom. The lowest BCUT2D eigenvalue weighted by Gasteiger charge is -2.15. The van der Waals surface area contributed by atoms with Crippen LogP contribution in [0, 0.1) is 0 Å². The number of ether oxygens (including phenoxy) is 1. The highest BCUT2D eigenvalue weighted by Gasteiger charge is 2.07. The van der Waals surface area contributed by atoms with Crippen LogP contribution in [0.1, 0.15) is 10.4 Å². The molecule has 3 aromatic rings. The second-order valence-corrected chi connectivity index (χ2v) is 6.83. The Morgan fingerprint density at radius 1 is 0.862 bits per heavy atom. The van der Waals surface area contributed by atoms with Crippen molar-refractivity contribution >= 4 is 34.6 Å². The van der Waals surface area contributed by atoms with Crippen LogP contribution < -0.4 is 25.8 Å². The van der Waals surface area contributed by atoms with Gasteiger partial charge >= 0.3 is 0 Å². The van der Waals surface area contributed by atoms with E-state index < -0.39 is 0 Å². The Labute approximate surface area is 175 Å². The van der Waals surface area contributed by atoms with Crippen LogP contribution in [0.5, 0.6) is 11.5 Å². The summed E-state index contributed by atoms with van der Waals surface area (Å²) in [5.41, 5.74) is 7.55. The van der Waals surface area contributed by atoms with Crippen LogP contribution in [0.3, 0.4) is 0 Å². The average Bonchev–Trinajstić information content (AvgIpc) is 2.74. The molecule has 0 saturated heterocycles. The van der Waals surface area contributed by atoms with E-state index >= 15 is 0 Å². The molecule has 0 aliphatic heterocycles. The molecule has 0 aliphatic carbocycles. The summed E-state index contributed by atoms with van der Waals surface area (Å²) in [4.78, 5) is 14.2. The molecule has 0 aliphatic rings. The van der Waals surface area contributed by atoms with Crippen LogP contribution in [0.4, 0.5) is 11.4 Å². The van der Waals surface area contributed by atoms with Gasteiger partial charge in [0.1, 0.15) is 11.5 Å². The molecule has 0 fully saturated rings. The zero-order valence-corrected chi connectivity index (χ0v) is 17.0. The van der Waals surface area contributed by atoms with E-state index in [1.165, 1.54) is 0 Å². The molecule has 3 N–H and O–H groups in total. The van der Waals surface area contributed by atoms with Crippen molar-refractivity contribution in [3.05, 3.63) is 84.4 Å². The molecular weight excluding hydrogens is 384 g/mol. The van der Waals surface area contributed by atoms with Crippen LogP contribution in [-0.4, -0.2) is 25.1 Å². The molecule has 3 aromatic carbocycles. The predicted molar refractivity (Wildman–Crippen MR) is 121 cm³/mol. The Bertz CT molecular complexity index is 976. The first-order chi connectivity index (χ1) is 14.0. The molecule has 3 rings (SSSR count). The second kappa shape index (κ2) is 9.57. The van der Waals surface area contributed by atoms with Gasteiger partial charge in [0.25, 0.3) is 5.91 Å². The summed E-state index contributed by atoms with van der Waals surface area (Å²) in [5, 5.41) is 3.29. The predicted octanol–water partition coefficient (Wildman–Crippen LogP) is 4.18. The van der Waals surface area contributed by atoms with Crippen LogP contribution in [0.2, 0.25) is 0 Å². The van der Waals surface area contributed by atoms with E-state index in [0.717, 1.165) is 22.9 Å². The molecule has 7 heteroatoms. The van der Waals surface area contributed by atoms with Crippen LogP contribution in [0.25, 0.3) is 0 Å². The van der Waals surface area contributed by atoms with Crippen molar-refractivity contribution in [3.63, 3.8) is 0 Å². The van der Waals surface area contributed by atoms with Crippen LogP contribution in [-0.2, 0) is 0 Å². The summed E-state index contributed by atoms with van der Waals surface area (Å²) >= 11 is 5.23. The number of amides is 1. The number of hydrogen-bond donors (Lipinski definition) is 3. The number of nitrogens with one attached hydrogen (secondary N) is 3. The Morgan fingerprint density at radius 3 is 2.24 bits per heavy atom.